The number of aromatic nitrogens is 2. The van der Waals surface area contributed by atoms with Crippen molar-refractivity contribution >= 4 is 0 Å². The summed E-state index contributed by atoms with van der Waals surface area (Å²) in [5.41, 5.74) is 1.68. The molecule has 0 spiro atoms. The first-order valence-electron chi connectivity index (χ1n) is 5.31. The van der Waals surface area contributed by atoms with Crippen LogP contribution in [0.1, 0.15) is 23.1 Å². The summed E-state index contributed by atoms with van der Waals surface area (Å²) in [6.07, 6.45) is 2.54. The monoisotopic (exact) mass is 230 g/mol. The molecule has 1 unspecified atom stereocenters. The topological polar surface area (TPSA) is 55.2 Å². The van der Waals surface area contributed by atoms with Crippen LogP contribution in [-0.2, 0) is 0 Å². The molecule has 0 bridgehead atoms. The van der Waals surface area contributed by atoms with Crippen molar-refractivity contribution in [3.05, 3.63) is 53.6 Å². The summed E-state index contributed by atoms with van der Waals surface area (Å²) in [6, 6.07) is 7.24. The van der Waals surface area contributed by atoms with Gasteiger partial charge < -0.3 is 9.84 Å². The van der Waals surface area contributed by atoms with Gasteiger partial charge in [0, 0.05) is 12.4 Å². The number of rotatable bonds is 3. The number of ether oxygens (including phenoxy) is 1. The van der Waals surface area contributed by atoms with Gasteiger partial charge in [0.05, 0.1) is 7.11 Å². The highest BCUT2D eigenvalue weighted by Crippen LogP contribution is 2.22. The fourth-order valence-electron chi connectivity index (χ4n) is 1.50. The molecule has 1 atom stereocenters. The van der Waals surface area contributed by atoms with E-state index in [4.69, 9.17) is 4.74 Å². The van der Waals surface area contributed by atoms with E-state index in [1.165, 1.54) is 0 Å². The molecule has 0 saturated heterocycles. The lowest BCUT2D eigenvalue weighted by Crippen LogP contribution is -2.05. The summed E-state index contributed by atoms with van der Waals surface area (Å²) >= 11 is 0. The summed E-state index contributed by atoms with van der Waals surface area (Å²) in [5, 5.41) is 10.1. The van der Waals surface area contributed by atoms with E-state index in [-0.39, 0.29) is 0 Å². The molecule has 0 amide bonds. The van der Waals surface area contributed by atoms with E-state index in [2.05, 4.69) is 9.97 Å². The van der Waals surface area contributed by atoms with E-state index in [0.717, 1.165) is 5.56 Å². The number of benzene rings is 1. The van der Waals surface area contributed by atoms with E-state index in [9.17, 15) is 5.11 Å². The third-order valence-corrected chi connectivity index (χ3v) is 2.46. The Hall–Kier alpha value is -1.94. The van der Waals surface area contributed by atoms with Gasteiger partial charge in [-0.05, 0) is 30.2 Å². The number of hydrogen-bond donors (Lipinski definition) is 1. The Bertz CT molecular complexity index is 497. The molecule has 1 N–H and O–H groups in total. The summed E-state index contributed by atoms with van der Waals surface area (Å²) in [7, 11) is 1.59. The first kappa shape index (κ1) is 11.5. The minimum absolute atomic E-state index is 0.392. The lowest BCUT2D eigenvalue weighted by molar-refractivity contribution is 0.209. The van der Waals surface area contributed by atoms with Crippen LogP contribution in [0.4, 0.5) is 0 Å². The molecule has 1 aromatic carbocycles. The van der Waals surface area contributed by atoms with Gasteiger partial charge in [0.15, 0.2) is 5.82 Å². The molecule has 0 aliphatic carbocycles. The Morgan fingerprint density at radius 1 is 1.24 bits per heavy atom. The summed E-state index contributed by atoms with van der Waals surface area (Å²) in [5.74, 6) is 1.09. The molecule has 2 rings (SSSR count). The van der Waals surface area contributed by atoms with Crippen molar-refractivity contribution < 1.29 is 9.84 Å². The van der Waals surface area contributed by atoms with Gasteiger partial charge >= 0.3 is 0 Å². The molecule has 0 aliphatic rings. The molecule has 1 heterocycles. The van der Waals surface area contributed by atoms with Crippen LogP contribution in [-0.4, -0.2) is 22.2 Å². The number of methoxy groups -OCH3 is 1. The van der Waals surface area contributed by atoms with Gasteiger partial charge in [-0.2, -0.15) is 0 Å². The highest BCUT2D eigenvalue weighted by molar-refractivity contribution is 5.32. The fourth-order valence-corrected chi connectivity index (χ4v) is 1.50. The number of aryl methyl sites for hydroxylation is 1. The van der Waals surface area contributed by atoms with Gasteiger partial charge in [-0.1, -0.05) is 12.1 Å². The maximum Gasteiger partial charge on any atom is 0.161 e. The first-order valence-corrected chi connectivity index (χ1v) is 5.31. The molecule has 0 aliphatic heterocycles. The van der Waals surface area contributed by atoms with Crippen LogP contribution in [0.15, 0.2) is 36.7 Å². The molecule has 4 heteroatoms. The first-order chi connectivity index (χ1) is 8.20. The molecular formula is C13H14N2O2. The van der Waals surface area contributed by atoms with Crippen molar-refractivity contribution in [1.29, 1.82) is 0 Å². The standard InChI is InChI=1S/C13H14N2O2/c1-9-7-14-13(15-8-9)12(16)10-4-3-5-11(6-10)17-2/h3-8,12,16H,1-2H3. The minimum atomic E-state index is -0.828. The highest BCUT2D eigenvalue weighted by Gasteiger charge is 2.13. The van der Waals surface area contributed by atoms with Crippen molar-refractivity contribution in [2.24, 2.45) is 0 Å². The normalized spacial score (nSPS) is 12.2. The van der Waals surface area contributed by atoms with Gasteiger partial charge in [-0.25, -0.2) is 9.97 Å². The highest BCUT2D eigenvalue weighted by atomic mass is 16.5. The van der Waals surface area contributed by atoms with E-state index >= 15 is 0 Å². The third kappa shape index (κ3) is 2.60. The Morgan fingerprint density at radius 3 is 2.59 bits per heavy atom. The zero-order chi connectivity index (χ0) is 12.3. The van der Waals surface area contributed by atoms with Crippen LogP contribution in [0, 0.1) is 6.92 Å². The molecule has 88 valence electrons. The Balaban J connectivity index is 2.29. The second-order valence-electron chi connectivity index (χ2n) is 3.80. The van der Waals surface area contributed by atoms with Crippen molar-refractivity contribution in [2.75, 3.05) is 7.11 Å². The Morgan fingerprint density at radius 2 is 1.94 bits per heavy atom. The summed E-state index contributed by atoms with van der Waals surface area (Å²) in [6.45, 7) is 1.90. The van der Waals surface area contributed by atoms with Crippen molar-refractivity contribution in [3.8, 4) is 5.75 Å². The number of aliphatic hydroxyl groups is 1. The zero-order valence-electron chi connectivity index (χ0n) is 9.79. The van der Waals surface area contributed by atoms with Crippen LogP contribution in [0.2, 0.25) is 0 Å². The second-order valence-corrected chi connectivity index (χ2v) is 3.80. The maximum absolute atomic E-state index is 10.1. The van der Waals surface area contributed by atoms with Crippen molar-refractivity contribution in [1.82, 2.24) is 9.97 Å². The van der Waals surface area contributed by atoms with Gasteiger partial charge in [-0.15, -0.1) is 0 Å². The van der Waals surface area contributed by atoms with Gasteiger partial charge in [-0.3, -0.25) is 0 Å². The lowest BCUT2D eigenvalue weighted by atomic mass is 10.1. The average molecular weight is 230 g/mol. The van der Waals surface area contributed by atoms with Gasteiger partial charge in [0.2, 0.25) is 0 Å². The molecule has 17 heavy (non-hydrogen) atoms. The third-order valence-electron chi connectivity index (χ3n) is 2.46. The van der Waals surface area contributed by atoms with Crippen molar-refractivity contribution in [3.63, 3.8) is 0 Å². The number of aliphatic hydroxyl groups excluding tert-OH is 1. The second kappa shape index (κ2) is 4.93. The summed E-state index contributed by atoms with van der Waals surface area (Å²) in [4.78, 5) is 8.22. The molecule has 0 radical (unpaired) electrons. The minimum Gasteiger partial charge on any atom is -0.497 e. The van der Waals surface area contributed by atoms with Gasteiger partial charge in [0.1, 0.15) is 11.9 Å². The molecule has 1 aromatic heterocycles. The smallest absolute Gasteiger partial charge is 0.161 e. The molecule has 0 fully saturated rings. The molecule has 0 saturated carbocycles. The Kier molecular flexibility index (Phi) is 3.35. The van der Waals surface area contributed by atoms with Crippen LogP contribution < -0.4 is 4.74 Å². The van der Waals surface area contributed by atoms with E-state index in [0.29, 0.717) is 17.1 Å². The maximum atomic E-state index is 10.1. The van der Waals surface area contributed by atoms with Crippen molar-refractivity contribution in [2.45, 2.75) is 13.0 Å². The van der Waals surface area contributed by atoms with Gasteiger partial charge in [0.25, 0.3) is 0 Å². The molecule has 2 aromatic rings. The molecule has 4 nitrogen and oxygen atoms in total. The molecular weight excluding hydrogens is 216 g/mol. The van der Waals surface area contributed by atoms with E-state index in [1.54, 1.807) is 25.6 Å². The largest absolute Gasteiger partial charge is 0.497 e. The van der Waals surface area contributed by atoms with E-state index < -0.39 is 6.10 Å². The lowest BCUT2D eigenvalue weighted by Gasteiger charge is -2.10. The summed E-state index contributed by atoms with van der Waals surface area (Å²) < 4.78 is 5.11. The predicted molar refractivity (Wildman–Crippen MR) is 63.8 cm³/mol. The quantitative estimate of drug-likeness (QED) is 0.874. The zero-order valence-corrected chi connectivity index (χ0v) is 9.79. The van der Waals surface area contributed by atoms with Crippen LogP contribution in [0.25, 0.3) is 0 Å². The number of hydrogen-bond acceptors (Lipinski definition) is 4. The van der Waals surface area contributed by atoms with E-state index in [1.807, 2.05) is 25.1 Å². The van der Waals surface area contributed by atoms with Crippen LogP contribution >= 0.6 is 0 Å². The number of nitrogens with zero attached hydrogens (tertiary/aromatic N) is 2. The van der Waals surface area contributed by atoms with Crippen LogP contribution in [0.5, 0.6) is 5.75 Å². The SMILES string of the molecule is COc1cccc(C(O)c2ncc(C)cn2)c1. The van der Waals surface area contributed by atoms with Crippen LogP contribution in [0.3, 0.4) is 0 Å². The average Bonchev–Trinajstić information content (AvgIpc) is 2.39. The Labute approximate surface area is 99.9 Å². The fraction of sp³-hybridized carbons (Fsp3) is 0.231. The predicted octanol–water partition coefficient (Wildman–Crippen LogP) is 1.88.